The lowest BCUT2D eigenvalue weighted by atomic mass is 10.1. The van der Waals surface area contributed by atoms with E-state index < -0.39 is 0 Å². The van der Waals surface area contributed by atoms with Gasteiger partial charge in [0.2, 0.25) is 0 Å². The van der Waals surface area contributed by atoms with Gasteiger partial charge in [0.05, 0.1) is 5.69 Å². The molecule has 0 aromatic heterocycles. The molecule has 0 atom stereocenters. The highest BCUT2D eigenvalue weighted by Gasteiger charge is 2.09. The van der Waals surface area contributed by atoms with Crippen molar-refractivity contribution in [3.8, 4) is 5.75 Å². The van der Waals surface area contributed by atoms with Crippen molar-refractivity contribution in [1.82, 2.24) is 0 Å². The van der Waals surface area contributed by atoms with E-state index in [2.05, 4.69) is 11.9 Å². The molecule has 1 amide bonds. The van der Waals surface area contributed by atoms with E-state index in [0.29, 0.717) is 23.6 Å². The van der Waals surface area contributed by atoms with Gasteiger partial charge in [-0.05, 0) is 43.7 Å². The van der Waals surface area contributed by atoms with Gasteiger partial charge in [0.25, 0.3) is 5.91 Å². The van der Waals surface area contributed by atoms with Crippen molar-refractivity contribution in [2.24, 2.45) is 0 Å². The normalized spacial score (nSPS) is 10.0. The second-order valence-electron chi connectivity index (χ2n) is 5.06. The molecular formula is C18H19NO2. The van der Waals surface area contributed by atoms with Crippen molar-refractivity contribution >= 4 is 11.6 Å². The van der Waals surface area contributed by atoms with Gasteiger partial charge in [-0.15, -0.1) is 0 Å². The maximum atomic E-state index is 12.2. The summed E-state index contributed by atoms with van der Waals surface area (Å²) in [6, 6.07) is 14.8. The van der Waals surface area contributed by atoms with Crippen LogP contribution in [-0.4, -0.2) is 12.5 Å². The molecule has 0 bridgehead atoms. The molecule has 0 aliphatic rings. The molecule has 0 fully saturated rings. The van der Waals surface area contributed by atoms with Crippen LogP contribution in [0.2, 0.25) is 0 Å². The van der Waals surface area contributed by atoms with Crippen LogP contribution >= 0.6 is 0 Å². The van der Waals surface area contributed by atoms with Crippen molar-refractivity contribution in [2.45, 2.75) is 13.8 Å². The summed E-state index contributed by atoms with van der Waals surface area (Å²) in [5.41, 5.74) is 3.33. The second-order valence-corrected chi connectivity index (χ2v) is 5.06. The summed E-state index contributed by atoms with van der Waals surface area (Å²) < 4.78 is 5.64. The Labute approximate surface area is 125 Å². The molecule has 0 heterocycles. The van der Waals surface area contributed by atoms with Gasteiger partial charge in [0.1, 0.15) is 12.4 Å². The zero-order valence-corrected chi connectivity index (χ0v) is 12.3. The molecule has 0 radical (unpaired) electrons. The summed E-state index contributed by atoms with van der Waals surface area (Å²) in [7, 11) is 0. The number of carbonyl (C=O) groups excluding carboxylic acids is 1. The number of rotatable bonds is 5. The highest BCUT2D eigenvalue weighted by atomic mass is 16.5. The predicted octanol–water partition coefficient (Wildman–Crippen LogP) is 4.20. The largest absolute Gasteiger partial charge is 0.487 e. The summed E-state index contributed by atoms with van der Waals surface area (Å²) in [4.78, 5) is 12.2. The fraction of sp³-hybridized carbons (Fsp3) is 0.167. The van der Waals surface area contributed by atoms with Crippen molar-refractivity contribution in [3.05, 3.63) is 71.8 Å². The summed E-state index contributed by atoms with van der Waals surface area (Å²) >= 11 is 0. The first-order chi connectivity index (χ1) is 10.1. The van der Waals surface area contributed by atoms with Crippen LogP contribution in [0.15, 0.2) is 60.7 Å². The summed E-state index contributed by atoms with van der Waals surface area (Å²) in [6.07, 6.45) is 0. The summed E-state index contributed by atoms with van der Waals surface area (Å²) in [5.74, 6) is 0.488. The van der Waals surface area contributed by atoms with Gasteiger partial charge in [-0.2, -0.15) is 0 Å². The molecule has 0 aliphatic heterocycles. The van der Waals surface area contributed by atoms with E-state index in [9.17, 15) is 4.79 Å². The van der Waals surface area contributed by atoms with Gasteiger partial charge in [-0.1, -0.05) is 36.4 Å². The first-order valence-electron chi connectivity index (χ1n) is 6.80. The Hall–Kier alpha value is -2.55. The van der Waals surface area contributed by atoms with Crippen molar-refractivity contribution < 1.29 is 9.53 Å². The Morgan fingerprint density at radius 2 is 1.81 bits per heavy atom. The molecule has 1 N–H and O–H groups in total. The Morgan fingerprint density at radius 1 is 1.14 bits per heavy atom. The predicted molar refractivity (Wildman–Crippen MR) is 85.9 cm³/mol. The minimum atomic E-state index is -0.152. The molecule has 21 heavy (non-hydrogen) atoms. The molecule has 3 nitrogen and oxygen atoms in total. The third-order valence-electron chi connectivity index (χ3n) is 2.92. The van der Waals surface area contributed by atoms with Gasteiger partial charge >= 0.3 is 0 Å². The SMILES string of the molecule is C=C(C)COc1ccccc1NC(=O)c1ccc(C)cc1. The van der Waals surface area contributed by atoms with Gasteiger partial charge in [-0.25, -0.2) is 0 Å². The van der Waals surface area contributed by atoms with E-state index in [1.165, 1.54) is 0 Å². The van der Waals surface area contributed by atoms with Gasteiger partial charge in [-0.3, -0.25) is 4.79 Å². The number of hydrogen-bond donors (Lipinski definition) is 1. The lowest BCUT2D eigenvalue weighted by molar-refractivity contribution is 0.102. The molecule has 3 heteroatoms. The van der Waals surface area contributed by atoms with E-state index in [4.69, 9.17) is 4.74 Å². The summed E-state index contributed by atoms with van der Waals surface area (Å²) in [6.45, 7) is 8.12. The molecule has 2 aromatic rings. The number of benzene rings is 2. The molecule has 0 spiro atoms. The first-order valence-corrected chi connectivity index (χ1v) is 6.80. The number of anilines is 1. The average molecular weight is 281 g/mol. The smallest absolute Gasteiger partial charge is 0.255 e. The van der Waals surface area contributed by atoms with Crippen LogP contribution < -0.4 is 10.1 Å². The number of hydrogen-bond acceptors (Lipinski definition) is 2. The monoisotopic (exact) mass is 281 g/mol. The highest BCUT2D eigenvalue weighted by molar-refractivity contribution is 6.05. The number of aryl methyl sites for hydroxylation is 1. The standard InChI is InChI=1S/C18H19NO2/c1-13(2)12-21-17-7-5-4-6-16(17)19-18(20)15-10-8-14(3)9-11-15/h4-11H,1,12H2,2-3H3,(H,19,20). The molecule has 0 aliphatic carbocycles. The van der Waals surface area contributed by atoms with E-state index >= 15 is 0 Å². The lowest BCUT2D eigenvalue weighted by Gasteiger charge is -2.12. The molecule has 108 valence electrons. The summed E-state index contributed by atoms with van der Waals surface area (Å²) in [5, 5.41) is 2.88. The fourth-order valence-corrected chi connectivity index (χ4v) is 1.80. The Balaban J connectivity index is 2.13. The average Bonchev–Trinajstić information content (AvgIpc) is 2.47. The number of carbonyl (C=O) groups is 1. The van der Waals surface area contributed by atoms with Crippen LogP contribution in [0.4, 0.5) is 5.69 Å². The number of ether oxygens (including phenoxy) is 1. The number of para-hydroxylation sites is 2. The van der Waals surface area contributed by atoms with E-state index in [0.717, 1.165) is 11.1 Å². The maximum Gasteiger partial charge on any atom is 0.255 e. The van der Waals surface area contributed by atoms with Crippen LogP contribution in [-0.2, 0) is 0 Å². The van der Waals surface area contributed by atoms with Gasteiger partial charge < -0.3 is 10.1 Å². The molecule has 0 saturated carbocycles. The van der Waals surface area contributed by atoms with E-state index in [1.54, 1.807) is 0 Å². The topological polar surface area (TPSA) is 38.3 Å². The van der Waals surface area contributed by atoms with Crippen molar-refractivity contribution in [3.63, 3.8) is 0 Å². The van der Waals surface area contributed by atoms with Crippen LogP contribution in [0.25, 0.3) is 0 Å². The number of amides is 1. The zero-order valence-electron chi connectivity index (χ0n) is 12.3. The lowest BCUT2D eigenvalue weighted by Crippen LogP contribution is -2.13. The molecular weight excluding hydrogens is 262 g/mol. The quantitative estimate of drug-likeness (QED) is 0.834. The van der Waals surface area contributed by atoms with Crippen molar-refractivity contribution in [1.29, 1.82) is 0 Å². The molecule has 0 saturated heterocycles. The van der Waals surface area contributed by atoms with Crippen LogP contribution in [0.5, 0.6) is 5.75 Å². The van der Waals surface area contributed by atoms with Crippen LogP contribution in [0, 0.1) is 6.92 Å². The van der Waals surface area contributed by atoms with Gasteiger partial charge in [0.15, 0.2) is 0 Å². The first kappa shape index (κ1) is 14.9. The Morgan fingerprint density at radius 3 is 2.48 bits per heavy atom. The molecule has 2 aromatic carbocycles. The van der Waals surface area contributed by atoms with Crippen LogP contribution in [0.1, 0.15) is 22.8 Å². The van der Waals surface area contributed by atoms with E-state index in [1.807, 2.05) is 62.4 Å². The number of nitrogens with one attached hydrogen (secondary N) is 1. The third-order valence-corrected chi connectivity index (χ3v) is 2.92. The minimum absolute atomic E-state index is 0.152. The van der Waals surface area contributed by atoms with Crippen molar-refractivity contribution in [2.75, 3.05) is 11.9 Å². The third kappa shape index (κ3) is 4.21. The van der Waals surface area contributed by atoms with E-state index in [-0.39, 0.29) is 5.91 Å². The fourth-order valence-electron chi connectivity index (χ4n) is 1.80. The second kappa shape index (κ2) is 6.75. The minimum Gasteiger partial charge on any atom is -0.487 e. The zero-order chi connectivity index (χ0) is 15.2. The Kier molecular flexibility index (Phi) is 4.77. The van der Waals surface area contributed by atoms with Crippen LogP contribution in [0.3, 0.4) is 0 Å². The molecule has 2 rings (SSSR count). The highest BCUT2D eigenvalue weighted by Crippen LogP contribution is 2.24. The Bertz CT molecular complexity index is 645. The van der Waals surface area contributed by atoms with Gasteiger partial charge in [0, 0.05) is 5.56 Å². The maximum absolute atomic E-state index is 12.2. The molecule has 0 unspecified atom stereocenters.